The number of aromatic amines is 1. The van der Waals surface area contributed by atoms with Gasteiger partial charge in [-0.15, -0.1) is 0 Å². The average Bonchev–Trinajstić information content (AvgIpc) is 2.29. The Hall–Kier alpha value is -1.45. The molecule has 0 aliphatic carbocycles. The first-order valence-corrected chi connectivity index (χ1v) is 2.34. The topological polar surface area (TPSA) is 54.5 Å². The minimum Gasteiger partial charge on any atom is -0.342 e. The van der Waals surface area contributed by atoms with Crippen molar-refractivity contribution >= 4 is 11.2 Å². The molecule has 0 unspecified atom stereocenters. The molecule has 0 aromatic carbocycles. The molecular weight excluding hydrogens is 116 g/mol. The fourth-order valence-corrected chi connectivity index (χ4v) is 0.561. The second kappa shape index (κ2) is 1.51. The van der Waals surface area contributed by atoms with Gasteiger partial charge in [0.1, 0.15) is 14.6 Å². The predicted molar refractivity (Wildman–Crippen MR) is 31.7 cm³/mol. The number of nitrogens with one attached hydrogen (secondary N) is 1. The number of nitrogens with zero attached hydrogens (tertiary/aromatic N) is 3. The highest BCUT2D eigenvalue weighted by atomic mass is 15.0. The highest BCUT2D eigenvalue weighted by Crippen LogP contribution is 1.99. The molecule has 44 valence electrons. The molecule has 0 spiro atoms. The van der Waals surface area contributed by atoms with Gasteiger partial charge in [-0.1, -0.05) is 0 Å². The van der Waals surface area contributed by atoms with Crippen molar-refractivity contribution in [3.63, 3.8) is 0 Å². The summed E-state index contributed by atoms with van der Waals surface area (Å²) < 4.78 is 21.5. The van der Waals surface area contributed by atoms with E-state index in [0.717, 1.165) is 0 Å². The molecule has 0 fully saturated rings. The molecule has 2 aromatic heterocycles. The number of H-pyrrole nitrogens is 1. The molecule has 4 heteroatoms. The molecule has 0 saturated carbocycles. The second-order valence-corrected chi connectivity index (χ2v) is 1.48. The Morgan fingerprint density at radius 1 is 1.56 bits per heavy atom. The lowest BCUT2D eigenvalue weighted by atomic mass is 10.6. The normalized spacial score (nSPS) is 14.9. The Labute approximate surface area is 55.2 Å². The van der Waals surface area contributed by atoms with E-state index in [2.05, 4.69) is 19.9 Å². The molecule has 9 heavy (non-hydrogen) atoms. The molecule has 0 aliphatic rings. The quantitative estimate of drug-likeness (QED) is 0.550. The summed E-state index contributed by atoms with van der Waals surface area (Å²) in [5.74, 6) is 0. The number of hydrogen-bond donors (Lipinski definition) is 1. The lowest BCUT2D eigenvalue weighted by Gasteiger charge is -1.80. The van der Waals surface area contributed by atoms with Crippen molar-refractivity contribution in [2.24, 2.45) is 0 Å². The summed E-state index contributed by atoms with van der Waals surface area (Å²) in [5, 5.41) is 0. The van der Waals surface area contributed by atoms with E-state index in [1.54, 1.807) is 0 Å². The van der Waals surface area contributed by atoms with E-state index in [4.69, 9.17) is 4.11 Å². The smallest absolute Gasteiger partial charge is 0.180 e. The van der Waals surface area contributed by atoms with Crippen LogP contribution in [0.15, 0.2) is 18.8 Å². The van der Waals surface area contributed by atoms with Crippen molar-refractivity contribution in [3.8, 4) is 0 Å². The number of imidazole rings is 1. The lowest BCUT2D eigenvalue weighted by Crippen LogP contribution is -1.76. The van der Waals surface area contributed by atoms with Crippen LogP contribution in [0.1, 0.15) is 4.11 Å². The van der Waals surface area contributed by atoms with Crippen LogP contribution >= 0.6 is 0 Å². The minimum atomic E-state index is -0.251. The first kappa shape index (κ1) is 2.43. The van der Waals surface area contributed by atoms with Crippen LogP contribution in [0.2, 0.25) is 0 Å². The van der Waals surface area contributed by atoms with Gasteiger partial charge < -0.3 is 4.98 Å². The van der Waals surface area contributed by atoms with Crippen molar-refractivity contribution in [2.75, 3.05) is 0 Å². The van der Waals surface area contributed by atoms with Crippen LogP contribution in [-0.4, -0.2) is 19.9 Å². The molecule has 0 bridgehead atoms. The van der Waals surface area contributed by atoms with Crippen LogP contribution in [0.4, 0.5) is 0 Å². The van der Waals surface area contributed by atoms with Gasteiger partial charge in [0, 0.05) is 0 Å². The zero-order chi connectivity index (χ0) is 8.72. The van der Waals surface area contributed by atoms with E-state index >= 15 is 0 Å². The van der Waals surface area contributed by atoms with Crippen molar-refractivity contribution in [1.82, 2.24) is 19.9 Å². The SMILES string of the molecule is [2H]c1nc([2H])c2[nH]c([2H])nc2n1. The number of aromatic nitrogens is 4. The summed E-state index contributed by atoms with van der Waals surface area (Å²) in [6.07, 6.45) is -0.423. The van der Waals surface area contributed by atoms with Gasteiger partial charge in [-0.2, -0.15) is 0 Å². The van der Waals surface area contributed by atoms with Crippen LogP contribution < -0.4 is 0 Å². The number of fused-ring (bicyclic) bond motifs is 1. The summed E-state index contributed by atoms with van der Waals surface area (Å²) in [6.45, 7) is 0. The van der Waals surface area contributed by atoms with E-state index in [1.807, 2.05) is 0 Å². The van der Waals surface area contributed by atoms with Crippen molar-refractivity contribution in [1.29, 1.82) is 0 Å². The molecule has 0 aliphatic heterocycles. The van der Waals surface area contributed by atoms with Gasteiger partial charge in [-0.3, -0.25) is 0 Å². The van der Waals surface area contributed by atoms with Crippen molar-refractivity contribution in [3.05, 3.63) is 18.8 Å². The van der Waals surface area contributed by atoms with Crippen molar-refractivity contribution < 1.29 is 4.11 Å². The molecule has 4 nitrogen and oxygen atoms in total. The fourth-order valence-electron chi connectivity index (χ4n) is 0.561. The molecule has 2 heterocycles. The lowest BCUT2D eigenvalue weighted by molar-refractivity contribution is 1.20. The summed E-state index contributed by atoms with van der Waals surface area (Å²) in [4.78, 5) is 13.3. The molecule has 0 atom stereocenters. The van der Waals surface area contributed by atoms with Crippen molar-refractivity contribution in [2.45, 2.75) is 0 Å². The molecule has 0 saturated heterocycles. The van der Waals surface area contributed by atoms with Gasteiger partial charge >= 0.3 is 0 Å². The van der Waals surface area contributed by atoms with E-state index in [9.17, 15) is 0 Å². The maximum atomic E-state index is 7.29. The monoisotopic (exact) mass is 123 g/mol. The van der Waals surface area contributed by atoms with Gasteiger partial charge in [0.2, 0.25) is 0 Å². The predicted octanol–water partition coefficient (Wildman–Crippen LogP) is 0.353. The Balaban J connectivity index is 2.88. The van der Waals surface area contributed by atoms with Crippen LogP contribution in [0.25, 0.3) is 11.2 Å². The highest BCUT2D eigenvalue weighted by Gasteiger charge is 1.91. The third-order valence-corrected chi connectivity index (χ3v) is 0.940. The summed E-state index contributed by atoms with van der Waals surface area (Å²) in [6, 6.07) is 0. The second-order valence-electron chi connectivity index (χ2n) is 1.48. The molecule has 0 amide bonds. The average molecular weight is 123 g/mol. The summed E-state index contributed by atoms with van der Waals surface area (Å²) >= 11 is 0. The molecule has 0 radical (unpaired) electrons. The Morgan fingerprint density at radius 2 is 2.56 bits per heavy atom. The van der Waals surface area contributed by atoms with E-state index < -0.39 is 0 Å². The van der Waals surface area contributed by atoms with Crippen LogP contribution in [0, 0.1) is 0 Å². The van der Waals surface area contributed by atoms with Crippen LogP contribution in [0.5, 0.6) is 0 Å². The fraction of sp³-hybridized carbons (Fsp3) is 0. The van der Waals surface area contributed by atoms with Crippen LogP contribution in [0.3, 0.4) is 0 Å². The number of rotatable bonds is 0. The van der Waals surface area contributed by atoms with Gasteiger partial charge in [0.25, 0.3) is 0 Å². The first-order valence-electron chi connectivity index (χ1n) is 3.84. The summed E-state index contributed by atoms with van der Waals surface area (Å²) in [5.41, 5.74) is 0.501. The third-order valence-electron chi connectivity index (χ3n) is 0.940. The van der Waals surface area contributed by atoms with Gasteiger partial charge in [0.05, 0.1) is 13.8 Å². The Morgan fingerprint density at radius 3 is 3.56 bits per heavy atom. The zero-order valence-corrected chi connectivity index (χ0v) is 4.34. The molecule has 2 aromatic rings. The van der Waals surface area contributed by atoms with E-state index in [-0.39, 0.29) is 24.4 Å². The maximum absolute atomic E-state index is 7.29. The van der Waals surface area contributed by atoms with Gasteiger partial charge in [-0.25, -0.2) is 15.0 Å². The van der Waals surface area contributed by atoms with Gasteiger partial charge in [0.15, 0.2) is 5.65 Å². The Bertz CT molecular complexity index is 437. The van der Waals surface area contributed by atoms with Gasteiger partial charge in [-0.05, 0) is 0 Å². The largest absolute Gasteiger partial charge is 0.342 e. The Kier molecular flexibility index (Phi) is 0.408. The zero-order valence-electron chi connectivity index (χ0n) is 7.34. The van der Waals surface area contributed by atoms with Crippen LogP contribution in [-0.2, 0) is 0 Å². The maximum Gasteiger partial charge on any atom is 0.180 e. The standard InChI is InChI=1S/C5H4N4/c1-4-5(8-2-6-1)9-3-7-4/h1-3H,(H,6,7,8,9)/i1D,2D,3D. The third kappa shape index (κ3) is 0.561. The minimum absolute atomic E-state index is 0.0709. The van der Waals surface area contributed by atoms with E-state index in [1.165, 1.54) is 0 Å². The summed E-state index contributed by atoms with van der Waals surface area (Å²) in [7, 11) is 0. The number of hydrogen-bond acceptors (Lipinski definition) is 3. The molecular formula is C5H4N4. The highest BCUT2D eigenvalue weighted by molar-refractivity contribution is 5.67. The molecule has 2 rings (SSSR count). The molecule has 1 N–H and O–H groups in total. The van der Waals surface area contributed by atoms with E-state index in [0.29, 0.717) is 5.52 Å². The first-order chi connectivity index (χ1) is 5.66.